The highest BCUT2D eigenvalue weighted by Crippen LogP contribution is 2.32. The van der Waals surface area contributed by atoms with Crippen molar-refractivity contribution in [3.05, 3.63) is 71.6 Å². The molecule has 0 radical (unpaired) electrons. The van der Waals surface area contributed by atoms with Crippen molar-refractivity contribution in [1.82, 2.24) is 14.8 Å². The lowest BCUT2D eigenvalue weighted by Gasteiger charge is -2.12. The van der Waals surface area contributed by atoms with Crippen molar-refractivity contribution in [1.29, 1.82) is 0 Å². The highest BCUT2D eigenvalue weighted by molar-refractivity contribution is 5.68. The van der Waals surface area contributed by atoms with Crippen LogP contribution < -0.4 is 0 Å². The van der Waals surface area contributed by atoms with Gasteiger partial charge < -0.3 is 0 Å². The Hall–Kier alpha value is -2.68. The Bertz CT molecular complexity index is 981. The van der Waals surface area contributed by atoms with Crippen molar-refractivity contribution in [3.8, 4) is 17.1 Å². The van der Waals surface area contributed by atoms with Crippen molar-refractivity contribution >= 4 is 5.57 Å². The van der Waals surface area contributed by atoms with Gasteiger partial charge in [-0.2, -0.15) is 5.10 Å². The molecule has 0 saturated heterocycles. The van der Waals surface area contributed by atoms with Crippen molar-refractivity contribution in [2.24, 2.45) is 0 Å². The fourth-order valence-electron chi connectivity index (χ4n) is 4.19. The molecule has 0 saturated carbocycles. The van der Waals surface area contributed by atoms with Crippen molar-refractivity contribution in [2.45, 2.75) is 52.4 Å². The number of allylic oxidation sites excluding steroid dienone is 1. The van der Waals surface area contributed by atoms with Crippen LogP contribution >= 0.6 is 0 Å². The van der Waals surface area contributed by atoms with Gasteiger partial charge in [-0.05, 0) is 60.9 Å². The molecule has 0 fully saturated rings. The summed E-state index contributed by atoms with van der Waals surface area (Å²) in [5.74, 6) is 0.885. The maximum absolute atomic E-state index is 4.99. The molecule has 0 N–H and O–H groups in total. The van der Waals surface area contributed by atoms with Crippen LogP contribution in [0.15, 0.2) is 49.2 Å². The molecule has 0 bridgehead atoms. The lowest BCUT2D eigenvalue weighted by Crippen LogP contribution is -2.05. The van der Waals surface area contributed by atoms with E-state index in [1.807, 2.05) is 16.9 Å². The summed E-state index contributed by atoms with van der Waals surface area (Å²) in [5.41, 5.74) is 8.79. The molecule has 3 heteroatoms. The molecule has 1 aromatic carbocycles. The largest absolute Gasteiger partial charge is 0.229 e. The SMILES string of the molecule is C=C(CCC)c1cnn(-c2cccc(-c3cccc4c3CCC4)n2)c1CC. The van der Waals surface area contributed by atoms with Gasteiger partial charge in [0.25, 0.3) is 0 Å². The van der Waals surface area contributed by atoms with Crippen molar-refractivity contribution in [2.75, 3.05) is 0 Å². The summed E-state index contributed by atoms with van der Waals surface area (Å²) in [7, 11) is 0. The second-order valence-corrected chi connectivity index (χ2v) is 7.30. The van der Waals surface area contributed by atoms with E-state index in [0.717, 1.165) is 42.8 Å². The average molecular weight is 358 g/mol. The molecular formula is C24H27N3. The van der Waals surface area contributed by atoms with E-state index < -0.39 is 0 Å². The van der Waals surface area contributed by atoms with Crippen molar-refractivity contribution in [3.63, 3.8) is 0 Å². The molecule has 1 aliphatic rings. The van der Waals surface area contributed by atoms with E-state index in [1.165, 1.54) is 40.8 Å². The number of pyridine rings is 1. The first-order valence-electron chi connectivity index (χ1n) is 10.1. The number of nitrogens with zero attached hydrogens (tertiary/aromatic N) is 3. The summed E-state index contributed by atoms with van der Waals surface area (Å²) < 4.78 is 1.99. The highest BCUT2D eigenvalue weighted by Gasteiger charge is 2.18. The van der Waals surface area contributed by atoms with E-state index in [0.29, 0.717) is 0 Å². The summed E-state index contributed by atoms with van der Waals surface area (Å²) in [4.78, 5) is 4.99. The lowest BCUT2D eigenvalue weighted by atomic mass is 10.0. The summed E-state index contributed by atoms with van der Waals surface area (Å²) in [6.07, 6.45) is 8.54. The number of aryl methyl sites for hydroxylation is 1. The normalized spacial score (nSPS) is 13.0. The molecule has 2 aromatic heterocycles. The minimum atomic E-state index is 0.885. The third kappa shape index (κ3) is 3.23. The quantitative estimate of drug-likeness (QED) is 0.558. The van der Waals surface area contributed by atoms with Crippen LogP contribution in [0.25, 0.3) is 22.6 Å². The number of fused-ring (bicyclic) bond motifs is 1. The van der Waals surface area contributed by atoms with Crippen LogP contribution in [0.5, 0.6) is 0 Å². The molecule has 138 valence electrons. The van der Waals surface area contributed by atoms with E-state index in [1.54, 1.807) is 0 Å². The van der Waals surface area contributed by atoms with Gasteiger partial charge in [0.15, 0.2) is 5.82 Å². The topological polar surface area (TPSA) is 30.7 Å². The minimum absolute atomic E-state index is 0.885. The molecule has 0 amide bonds. The molecule has 0 aliphatic heterocycles. The van der Waals surface area contributed by atoms with Gasteiger partial charge in [0.05, 0.1) is 17.6 Å². The standard InChI is InChI=1S/C24H27N3/c1-4-9-17(3)21-16-25-27(23(21)5-2)24-15-8-14-22(26-24)20-13-7-11-18-10-6-12-19(18)20/h7-8,11,13-16H,3-6,9-10,12H2,1-2H3. The molecule has 0 unspecified atom stereocenters. The Morgan fingerprint density at radius 3 is 2.78 bits per heavy atom. The predicted octanol–water partition coefficient (Wildman–Crippen LogP) is 5.80. The third-order valence-electron chi connectivity index (χ3n) is 5.51. The lowest BCUT2D eigenvalue weighted by molar-refractivity contribution is 0.789. The zero-order chi connectivity index (χ0) is 18.8. The van der Waals surface area contributed by atoms with E-state index in [-0.39, 0.29) is 0 Å². The zero-order valence-corrected chi connectivity index (χ0v) is 16.3. The molecule has 2 heterocycles. The highest BCUT2D eigenvalue weighted by atomic mass is 15.3. The third-order valence-corrected chi connectivity index (χ3v) is 5.51. The molecule has 0 spiro atoms. The van der Waals surface area contributed by atoms with Gasteiger partial charge in [0.2, 0.25) is 0 Å². The number of hydrogen-bond donors (Lipinski definition) is 0. The Balaban J connectivity index is 1.76. The zero-order valence-electron chi connectivity index (χ0n) is 16.3. The summed E-state index contributed by atoms with van der Waals surface area (Å²) in [6.45, 7) is 8.62. The van der Waals surface area contributed by atoms with Gasteiger partial charge in [-0.1, -0.05) is 51.1 Å². The van der Waals surface area contributed by atoms with Gasteiger partial charge in [-0.25, -0.2) is 9.67 Å². The van der Waals surface area contributed by atoms with Crippen LogP contribution in [0.1, 0.15) is 55.5 Å². The van der Waals surface area contributed by atoms with E-state index in [4.69, 9.17) is 4.98 Å². The second-order valence-electron chi connectivity index (χ2n) is 7.30. The first-order valence-corrected chi connectivity index (χ1v) is 10.1. The molecule has 3 nitrogen and oxygen atoms in total. The van der Waals surface area contributed by atoms with Gasteiger partial charge in [-0.3, -0.25) is 0 Å². The Kier molecular flexibility index (Phi) is 4.93. The summed E-state index contributed by atoms with van der Waals surface area (Å²) in [5, 5.41) is 4.66. The van der Waals surface area contributed by atoms with Crippen LogP contribution in [0.2, 0.25) is 0 Å². The molecular weight excluding hydrogens is 330 g/mol. The minimum Gasteiger partial charge on any atom is -0.229 e. The smallest absolute Gasteiger partial charge is 0.154 e. The van der Waals surface area contributed by atoms with Gasteiger partial charge >= 0.3 is 0 Å². The first kappa shape index (κ1) is 17.7. The van der Waals surface area contributed by atoms with E-state index >= 15 is 0 Å². The number of benzene rings is 1. The second kappa shape index (κ2) is 7.51. The average Bonchev–Trinajstić information content (AvgIpc) is 3.34. The summed E-state index contributed by atoms with van der Waals surface area (Å²) >= 11 is 0. The molecule has 27 heavy (non-hydrogen) atoms. The Morgan fingerprint density at radius 2 is 1.96 bits per heavy atom. The van der Waals surface area contributed by atoms with Gasteiger partial charge in [-0.15, -0.1) is 0 Å². The van der Waals surface area contributed by atoms with E-state index in [2.05, 4.69) is 55.9 Å². The number of aromatic nitrogens is 3. The monoisotopic (exact) mass is 357 g/mol. The Labute approximate surface area is 161 Å². The summed E-state index contributed by atoms with van der Waals surface area (Å²) in [6, 6.07) is 12.9. The predicted molar refractivity (Wildman–Crippen MR) is 112 cm³/mol. The van der Waals surface area contributed by atoms with Gasteiger partial charge in [0, 0.05) is 11.1 Å². The van der Waals surface area contributed by atoms with Crippen LogP contribution in [-0.2, 0) is 19.3 Å². The van der Waals surface area contributed by atoms with Gasteiger partial charge in [0.1, 0.15) is 0 Å². The maximum atomic E-state index is 4.99. The molecule has 3 aromatic rings. The fraction of sp³-hybridized carbons (Fsp3) is 0.333. The van der Waals surface area contributed by atoms with Crippen LogP contribution in [0.4, 0.5) is 0 Å². The number of rotatable bonds is 6. The fourth-order valence-corrected chi connectivity index (χ4v) is 4.19. The van der Waals surface area contributed by atoms with E-state index in [9.17, 15) is 0 Å². The molecule has 0 atom stereocenters. The van der Waals surface area contributed by atoms with Crippen LogP contribution in [-0.4, -0.2) is 14.8 Å². The van der Waals surface area contributed by atoms with Crippen LogP contribution in [0.3, 0.4) is 0 Å². The van der Waals surface area contributed by atoms with Crippen LogP contribution in [0, 0.1) is 0 Å². The molecule has 1 aliphatic carbocycles. The first-order chi connectivity index (χ1) is 13.2. The Morgan fingerprint density at radius 1 is 1.11 bits per heavy atom. The molecule has 4 rings (SSSR count). The maximum Gasteiger partial charge on any atom is 0.154 e. The number of hydrogen-bond acceptors (Lipinski definition) is 2. The van der Waals surface area contributed by atoms with Crippen molar-refractivity contribution < 1.29 is 0 Å².